The molecule has 1 unspecified atom stereocenters. The van der Waals surface area contributed by atoms with E-state index in [1.165, 1.54) is 10.4 Å². The van der Waals surface area contributed by atoms with Crippen LogP contribution in [0.4, 0.5) is 13.2 Å². The van der Waals surface area contributed by atoms with Gasteiger partial charge in [0, 0.05) is 24.9 Å². The molecule has 0 radical (unpaired) electrons. The van der Waals surface area contributed by atoms with Gasteiger partial charge in [0.15, 0.2) is 0 Å². The maximum atomic E-state index is 13.5. The predicted molar refractivity (Wildman–Crippen MR) is 172 cm³/mol. The minimum absolute atomic E-state index is 0.0952. The Bertz CT molecular complexity index is 1590. The van der Waals surface area contributed by atoms with Crippen LogP contribution in [0.25, 0.3) is 11.1 Å². The summed E-state index contributed by atoms with van der Waals surface area (Å²) < 4.78 is 92.7. The average Bonchev–Trinajstić information content (AvgIpc) is 2.99. The van der Waals surface area contributed by atoms with Crippen molar-refractivity contribution in [2.45, 2.75) is 77.2 Å². The smallest absolute Gasteiger partial charge is 0.480 e. The lowest BCUT2D eigenvalue weighted by Crippen LogP contribution is -2.42. The Morgan fingerprint density at radius 1 is 1.02 bits per heavy atom. The standard InChI is InChI=1S/C32H43F3N2O8S2/c1-23-9-6-7-12-26(23)28-21-25(13-14-27(28)30(38)36-29(31(39)40)16-20-46(2,41)42)22-37(17-15-24-10-4-3-5-11-24)47(43,44)19-8-18-45-32(33,34)35/h6-7,9,12-14,21,24,29H,3-5,8,10-11,15-20,22H2,1-2H3,(H,36,38)(H,39,40). The number of nitrogens with zero attached hydrogens (tertiary/aromatic N) is 1. The number of rotatable bonds is 17. The third kappa shape index (κ3) is 12.8. The number of carboxylic acid groups (broad SMARTS) is 1. The summed E-state index contributed by atoms with van der Waals surface area (Å²) in [4.78, 5) is 25.3. The van der Waals surface area contributed by atoms with Crippen LogP contribution >= 0.6 is 0 Å². The zero-order valence-electron chi connectivity index (χ0n) is 26.6. The van der Waals surface area contributed by atoms with E-state index < -0.39 is 62.3 Å². The minimum atomic E-state index is -4.86. The molecule has 2 aromatic carbocycles. The van der Waals surface area contributed by atoms with Crippen molar-refractivity contribution < 1.29 is 49.4 Å². The van der Waals surface area contributed by atoms with Crippen LogP contribution in [0.1, 0.15) is 72.9 Å². The SMILES string of the molecule is Cc1ccccc1-c1cc(CN(CCC2CCCCC2)S(=O)(=O)CCCOC(F)(F)F)ccc1C(=O)NC(CCS(C)(=O)=O)C(=O)O. The quantitative estimate of drug-likeness (QED) is 0.211. The molecule has 1 atom stereocenters. The lowest BCUT2D eigenvalue weighted by molar-refractivity contribution is -0.324. The topological polar surface area (TPSA) is 147 Å². The number of alkyl halides is 3. The van der Waals surface area contributed by atoms with Crippen LogP contribution in [-0.2, 0) is 35.9 Å². The number of aryl methyl sites for hydroxylation is 1. The molecule has 1 saturated carbocycles. The molecule has 15 heteroatoms. The maximum Gasteiger partial charge on any atom is 0.522 e. The zero-order valence-corrected chi connectivity index (χ0v) is 28.2. The highest BCUT2D eigenvalue weighted by Crippen LogP contribution is 2.31. The second kappa shape index (κ2) is 16.9. The third-order valence-electron chi connectivity index (χ3n) is 8.22. The van der Waals surface area contributed by atoms with Gasteiger partial charge in [0.2, 0.25) is 10.0 Å². The Hall–Kier alpha value is -3.01. The van der Waals surface area contributed by atoms with Gasteiger partial charge in [0.25, 0.3) is 5.91 Å². The number of aliphatic carboxylic acids is 1. The second-order valence-electron chi connectivity index (χ2n) is 12.1. The normalized spacial score (nSPS) is 15.4. The summed E-state index contributed by atoms with van der Waals surface area (Å²) in [6.45, 7) is 1.11. The highest BCUT2D eigenvalue weighted by atomic mass is 32.2. The van der Waals surface area contributed by atoms with Crippen LogP contribution in [0, 0.1) is 12.8 Å². The molecule has 47 heavy (non-hydrogen) atoms. The van der Waals surface area contributed by atoms with E-state index in [9.17, 15) is 44.7 Å². The Morgan fingerprint density at radius 2 is 1.70 bits per heavy atom. The molecular weight excluding hydrogens is 661 g/mol. The molecule has 1 aliphatic carbocycles. The molecule has 1 aliphatic rings. The van der Waals surface area contributed by atoms with Crippen LogP contribution in [0.2, 0.25) is 0 Å². The highest BCUT2D eigenvalue weighted by Gasteiger charge is 2.30. The van der Waals surface area contributed by atoms with Crippen LogP contribution in [-0.4, -0.2) is 81.4 Å². The average molecular weight is 705 g/mol. The summed E-state index contributed by atoms with van der Waals surface area (Å²) in [7, 11) is -7.49. The summed E-state index contributed by atoms with van der Waals surface area (Å²) in [5.74, 6) is -2.78. The van der Waals surface area contributed by atoms with Gasteiger partial charge in [-0.25, -0.2) is 21.6 Å². The molecule has 3 rings (SSSR count). The Morgan fingerprint density at radius 3 is 2.32 bits per heavy atom. The molecule has 0 aliphatic heterocycles. The van der Waals surface area contributed by atoms with Crippen LogP contribution in [0.3, 0.4) is 0 Å². The molecule has 0 aromatic heterocycles. The molecule has 262 valence electrons. The summed E-state index contributed by atoms with van der Waals surface area (Å²) in [6, 6.07) is 10.3. The number of nitrogens with one attached hydrogen (secondary N) is 1. The summed E-state index contributed by atoms with van der Waals surface area (Å²) in [5.41, 5.74) is 2.47. The fourth-order valence-electron chi connectivity index (χ4n) is 5.69. The van der Waals surface area contributed by atoms with Gasteiger partial charge in [-0.1, -0.05) is 62.4 Å². The lowest BCUT2D eigenvalue weighted by Gasteiger charge is -2.27. The van der Waals surface area contributed by atoms with E-state index in [0.29, 0.717) is 29.0 Å². The first-order chi connectivity index (χ1) is 21.9. The van der Waals surface area contributed by atoms with E-state index in [1.807, 2.05) is 13.0 Å². The van der Waals surface area contributed by atoms with Gasteiger partial charge in [0.1, 0.15) is 15.9 Å². The number of carboxylic acids is 1. The Labute approximate surface area is 274 Å². The molecular formula is C32H43F3N2O8S2. The summed E-state index contributed by atoms with van der Waals surface area (Å²) in [5, 5.41) is 12.1. The molecule has 1 fully saturated rings. The molecule has 2 N–H and O–H groups in total. The van der Waals surface area contributed by atoms with Gasteiger partial charge < -0.3 is 10.4 Å². The molecule has 0 bridgehead atoms. The third-order valence-corrected chi connectivity index (χ3v) is 11.1. The van der Waals surface area contributed by atoms with Gasteiger partial charge in [-0.3, -0.25) is 9.53 Å². The van der Waals surface area contributed by atoms with E-state index >= 15 is 0 Å². The van der Waals surface area contributed by atoms with E-state index in [1.54, 1.807) is 30.3 Å². The number of ether oxygens (including phenoxy) is 1. The second-order valence-corrected chi connectivity index (χ2v) is 16.4. The first-order valence-electron chi connectivity index (χ1n) is 15.5. The molecule has 10 nitrogen and oxygen atoms in total. The number of hydrogen-bond acceptors (Lipinski definition) is 7. The first kappa shape index (κ1) is 38.4. The van der Waals surface area contributed by atoms with Crippen molar-refractivity contribution in [3.63, 3.8) is 0 Å². The number of carbonyl (C=O) groups is 2. The van der Waals surface area contributed by atoms with Crippen molar-refractivity contribution in [2.24, 2.45) is 5.92 Å². The number of sulfone groups is 1. The van der Waals surface area contributed by atoms with Crippen molar-refractivity contribution in [3.05, 3.63) is 59.2 Å². The van der Waals surface area contributed by atoms with E-state index in [2.05, 4.69) is 10.1 Å². The van der Waals surface area contributed by atoms with Crippen LogP contribution < -0.4 is 5.32 Å². The molecule has 0 heterocycles. The Kier molecular flexibility index (Phi) is 13.8. The lowest BCUT2D eigenvalue weighted by atomic mass is 9.87. The van der Waals surface area contributed by atoms with Gasteiger partial charge in [-0.2, -0.15) is 4.31 Å². The molecule has 0 saturated heterocycles. The molecule has 2 aromatic rings. The fraction of sp³-hybridized carbons (Fsp3) is 0.562. The van der Waals surface area contributed by atoms with Crippen molar-refractivity contribution in [1.29, 1.82) is 0 Å². The zero-order chi connectivity index (χ0) is 34.8. The number of carbonyl (C=O) groups excluding carboxylic acids is 1. The number of halogens is 3. The molecule has 1 amide bonds. The van der Waals surface area contributed by atoms with Crippen molar-refractivity contribution >= 4 is 31.7 Å². The minimum Gasteiger partial charge on any atom is -0.480 e. The number of benzene rings is 2. The van der Waals surface area contributed by atoms with Crippen molar-refractivity contribution in [1.82, 2.24) is 9.62 Å². The van der Waals surface area contributed by atoms with Gasteiger partial charge in [-0.15, -0.1) is 13.2 Å². The van der Waals surface area contributed by atoms with E-state index in [4.69, 9.17) is 0 Å². The van der Waals surface area contributed by atoms with Gasteiger partial charge >= 0.3 is 12.3 Å². The summed E-state index contributed by atoms with van der Waals surface area (Å²) in [6.07, 6.45) is 1.25. The fourth-order valence-corrected chi connectivity index (χ4v) is 7.83. The van der Waals surface area contributed by atoms with E-state index in [-0.39, 0.29) is 31.5 Å². The van der Waals surface area contributed by atoms with Crippen molar-refractivity contribution in [2.75, 3.05) is 30.9 Å². The monoisotopic (exact) mass is 704 g/mol. The maximum absolute atomic E-state index is 13.5. The predicted octanol–water partition coefficient (Wildman–Crippen LogP) is 5.31. The van der Waals surface area contributed by atoms with Gasteiger partial charge in [0.05, 0.1) is 18.1 Å². The molecule has 0 spiro atoms. The largest absolute Gasteiger partial charge is 0.522 e. The van der Waals surface area contributed by atoms with Crippen LogP contribution in [0.15, 0.2) is 42.5 Å². The van der Waals surface area contributed by atoms with E-state index in [0.717, 1.165) is 43.9 Å². The Balaban J connectivity index is 1.93. The number of sulfonamides is 1. The number of hydrogen-bond donors (Lipinski definition) is 2. The highest BCUT2D eigenvalue weighted by molar-refractivity contribution is 7.90. The summed E-state index contributed by atoms with van der Waals surface area (Å²) >= 11 is 0. The van der Waals surface area contributed by atoms with Crippen LogP contribution in [0.5, 0.6) is 0 Å². The van der Waals surface area contributed by atoms with Gasteiger partial charge in [-0.05, 0) is 66.5 Å². The first-order valence-corrected chi connectivity index (χ1v) is 19.2. The number of amides is 1. The van der Waals surface area contributed by atoms with Crippen molar-refractivity contribution in [3.8, 4) is 11.1 Å².